The smallest absolute Gasteiger partial charge is 0.374 e. The van der Waals surface area contributed by atoms with Gasteiger partial charge in [-0.05, 0) is 6.54 Å². The lowest BCUT2D eigenvalue weighted by Gasteiger charge is -2.29. The third kappa shape index (κ3) is 5.34. The van der Waals surface area contributed by atoms with Gasteiger partial charge in [0.05, 0.1) is 19.3 Å². The highest BCUT2D eigenvalue weighted by molar-refractivity contribution is 4.73. The first-order chi connectivity index (χ1) is 7.01. The van der Waals surface area contributed by atoms with Crippen molar-refractivity contribution in [2.45, 2.75) is 19.2 Å². The molecule has 0 bridgehead atoms. The zero-order valence-electron chi connectivity index (χ0n) is 8.81. The Kier molecular flexibility index (Phi) is 4.82. The van der Waals surface area contributed by atoms with E-state index in [4.69, 9.17) is 4.74 Å². The molecule has 1 aliphatic rings. The maximum atomic E-state index is 12.1. The first kappa shape index (κ1) is 12.7. The van der Waals surface area contributed by atoms with E-state index < -0.39 is 12.7 Å². The van der Waals surface area contributed by atoms with Crippen LogP contribution in [0.3, 0.4) is 0 Å². The van der Waals surface area contributed by atoms with Gasteiger partial charge in [-0.1, -0.05) is 6.92 Å². The predicted molar refractivity (Wildman–Crippen MR) is 50.8 cm³/mol. The van der Waals surface area contributed by atoms with Gasteiger partial charge >= 0.3 is 6.18 Å². The maximum Gasteiger partial charge on any atom is 0.401 e. The largest absolute Gasteiger partial charge is 0.401 e. The van der Waals surface area contributed by atoms with E-state index in [1.807, 2.05) is 0 Å². The molecule has 3 nitrogen and oxygen atoms in total. The summed E-state index contributed by atoms with van der Waals surface area (Å²) in [4.78, 5) is 1.36. The van der Waals surface area contributed by atoms with Crippen molar-refractivity contribution in [2.24, 2.45) is 0 Å². The highest BCUT2D eigenvalue weighted by Gasteiger charge is 2.31. The molecule has 1 rings (SSSR count). The topological polar surface area (TPSA) is 24.5 Å². The van der Waals surface area contributed by atoms with Gasteiger partial charge in [0.25, 0.3) is 0 Å². The molecule has 0 amide bonds. The molecule has 0 aromatic carbocycles. The summed E-state index contributed by atoms with van der Waals surface area (Å²) in [6.07, 6.45) is -4.25. The number of hydrogen-bond donors (Lipinski definition) is 1. The van der Waals surface area contributed by atoms with Crippen molar-refractivity contribution in [3.05, 3.63) is 0 Å². The van der Waals surface area contributed by atoms with Gasteiger partial charge in [-0.3, -0.25) is 4.90 Å². The van der Waals surface area contributed by atoms with Crippen molar-refractivity contribution in [1.29, 1.82) is 0 Å². The third-order valence-corrected chi connectivity index (χ3v) is 2.32. The fourth-order valence-corrected chi connectivity index (χ4v) is 1.58. The second-order valence-electron chi connectivity index (χ2n) is 3.64. The molecule has 1 N–H and O–H groups in total. The summed E-state index contributed by atoms with van der Waals surface area (Å²) in [5, 5.41) is 3.09. The van der Waals surface area contributed by atoms with Gasteiger partial charge in [-0.15, -0.1) is 0 Å². The summed E-state index contributed by atoms with van der Waals surface area (Å²) in [6.45, 7) is 3.58. The minimum atomic E-state index is -4.13. The highest BCUT2D eigenvalue weighted by Crippen LogP contribution is 2.16. The zero-order chi connectivity index (χ0) is 11.3. The van der Waals surface area contributed by atoms with Crippen LogP contribution in [-0.4, -0.2) is 56.5 Å². The van der Waals surface area contributed by atoms with E-state index in [-0.39, 0.29) is 6.10 Å². The number of hydrogen-bond acceptors (Lipinski definition) is 3. The monoisotopic (exact) mass is 226 g/mol. The maximum absolute atomic E-state index is 12.1. The van der Waals surface area contributed by atoms with Crippen molar-refractivity contribution in [1.82, 2.24) is 10.2 Å². The second-order valence-corrected chi connectivity index (χ2v) is 3.64. The molecule has 1 aliphatic heterocycles. The Morgan fingerprint density at radius 1 is 1.47 bits per heavy atom. The predicted octanol–water partition coefficient (Wildman–Crippen LogP) is 0.859. The molecule has 6 heteroatoms. The number of halogens is 3. The van der Waals surface area contributed by atoms with Crippen LogP contribution in [0.1, 0.15) is 6.92 Å². The van der Waals surface area contributed by atoms with Crippen molar-refractivity contribution in [2.75, 3.05) is 39.3 Å². The average Bonchev–Trinajstić information content (AvgIpc) is 2.16. The molecular weight excluding hydrogens is 209 g/mol. The molecule has 0 spiro atoms. The van der Waals surface area contributed by atoms with E-state index in [0.29, 0.717) is 26.2 Å². The summed E-state index contributed by atoms with van der Waals surface area (Å²) in [5.41, 5.74) is 0. The van der Waals surface area contributed by atoms with Crippen LogP contribution in [0.15, 0.2) is 0 Å². The molecule has 1 fully saturated rings. The fraction of sp³-hybridized carbons (Fsp3) is 1.00. The normalized spacial score (nSPS) is 23.4. The summed E-state index contributed by atoms with van der Waals surface area (Å²) in [6, 6.07) is 0. The van der Waals surface area contributed by atoms with Crippen LogP contribution in [0.25, 0.3) is 0 Å². The minimum absolute atomic E-state index is 0.124. The molecule has 15 heavy (non-hydrogen) atoms. The standard InChI is InChI=1S/C9H17F3N2O/c1-2-14(7-9(10,11)12)6-8-5-13-3-4-15-8/h8,13H,2-7H2,1H3. The number of alkyl halides is 3. The van der Waals surface area contributed by atoms with Crippen molar-refractivity contribution in [3.63, 3.8) is 0 Å². The lowest BCUT2D eigenvalue weighted by molar-refractivity contribution is -0.149. The van der Waals surface area contributed by atoms with Crippen LogP contribution in [0, 0.1) is 0 Å². The molecule has 1 atom stereocenters. The third-order valence-electron chi connectivity index (χ3n) is 2.32. The van der Waals surface area contributed by atoms with E-state index in [9.17, 15) is 13.2 Å². The molecule has 0 aliphatic carbocycles. The highest BCUT2D eigenvalue weighted by atomic mass is 19.4. The van der Waals surface area contributed by atoms with Crippen LogP contribution >= 0.6 is 0 Å². The van der Waals surface area contributed by atoms with Crippen LogP contribution < -0.4 is 5.32 Å². The molecule has 1 heterocycles. The Morgan fingerprint density at radius 3 is 2.67 bits per heavy atom. The van der Waals surface area contributed by atoms with E-state index in [2.05, 4.69) is 5.32 Å². The number of likely N-dealkylation sites (N-methyl/N-ethyl adjacent to an activating group) is 1. The second kappa shape index (κ2) is 5.67. The molecule has 0 aromatic rings. The summed E-state index contributed by atoms with van der Waals surface area (Å²) in [5.74, 6) is 0. The Labute approximate surface area is 87.6 Å². The number of morpholine rings is 1. The summed E-state index contributed by atoms with van der Waals surface area (Å²) < 4.78 is 41.8. The van der Waals surface area contributed by atoms with Gasteiger partial charge in [0.15, 0.2) is 0 Å². The molecule has 1 unspecified atom stereocenters. The van der Waals surface area contributed by atoms with Gasteiger partial charge < -0.3 is 10.1 Å². The molecule has 90 valence electrons. The molecular formula is C9H17F3N2O. The van der Waals surface area contributed by atoms with Crippen molar-refractivity contribution >= 4 is 0 Å². The van der Waals surface area contributed by atoms with E-state index in [0.717, 1.165) is 6.54 Å². The number of nitrogens with one attached hydrogen (secondary N) is 1. The Hall–Kier alpha value is -0.330. The van der Waals surface area contributed by atoms with Gasteiger partial charge in [0.2, 0.25) is 0 Å². The first-order valence-electron chi connectivity index (χ1n) is 5.12. The van der Waals surface area contributed by atoms with E-state index in [1.165, 1.54) is 4.90 Å². The molecule has 1 saturated heterocycles. The Morgan fingerprint density at radius 2 is 2.20 bits per heavy atom. The molecule has 0 aromatic heterocycles. The number of rotatable bonds is 4. The SMILES string of the molecule is CCN(CC1CNCCO1)CC(F)(F)F. The summed E-state index contributed by atoms with van der Waals surface area (Å²) in [7, 11) is 0. The van der Waals surface area contributed by atoms with Crippen LogP contribution in [0.2, 0.25) is 0 Å². The Balaban J connectivity index is 2.31. The lowest BCUT2D eigenvalue weighted by Crippen LogP contribution is -2.47. The van der Waals surface area contributed by atoms with Crippen molar-refractivity contribution in [3.8, 4) is 0 Å². The first-order valence-corrected chi connectivity index (χ1v) is 5.12. The van der Waals surface area contributed by atoms with Crippen LogP contribution in [-0.2, 0) is 4.74 Å². The average molecular weight is 226 g/mol. The van der Waals surface area contributed by atoms with Crippen molar-refractivity contribution < 1.29 is 17.9 Å². The quantitative estimate of drug-likeness (QED) is 0.769. The number of ether oxygens (including phenoxy) is 1. The minimum Gasteiger partial charge on any atom is -0.374 e. The fourth-order valence-electron chi connectivity index (χ4n) is 1.58. The lowest BCUT2D eigenvalue weighted by atomic mass is 10.3. The van der Waals surface area contributed by atoms with E-state index in [1.54, 1.807) is 6.92 Å². The van der Waals surface area contributed by atoms with Gasteiger partial charge in [0.1, 0.15) is 0 Å². The van der Waals surface area contributed by atoms with Crippen LogP contribution in [0.5, 0.6) is 0 Å². The number of nitrogens with zero attached hydrogens (tertiary/aromatic N) is 1. The molecule has 0 saturated carbocycles. The van der Waals surface area contributed by atoms with Gasteiger partial charge in [-0.25, -0.2) is 0 Å². The molecule has 0 radical (unpaired) electrons. The summed E-state index contributed by atoms with van der Waals surface area (Å²) >= 11 is 0. The van der Waals surface area contributed by atoms with Gasteiger partial charge in [-0.2, -0.15) is 13.2 Å². The van der Waals surface area contributed by atoms with Crippen LogP contribution in [0.4, 0.5) is 13.2 Å². The van der Waals surface area contributed by atoms with E-state index >= 15 is 0 Å². The van der Waals surface area contributed by atoms with Gasteiger partial charge in [0, 0.05) is 19.6 Å². The zero-order valence-corrected chi connectivity index (χ0v) is 8.81. The Bertz CT molecular complexity index is 181.